The Morgan fingerprint density at radius 2 is 1.96 bits per heavy atom. The van der Waals surface area contributed by atoms with Crippen LogP contribution >= 0.6 is 0 Å². The summed E-state index contributed by atoms with van der Waals surface area (Å²) in [6.45, 7) is 8.27. The third-order valence-electron chi connectivity index (χ3n) is 3.96. The number of hydrogen-bond acceptors (Lipinski definition) is 3. The maximum Gasteiger partial charge on any atom is 0.276 e. The maximum atomic E-state index is 12.5. The van der Waals surface area contributed by atoms with Crippen molar-refractivity contribution in [2.24, 2.45) is 0 Å². The van der Waals surface area contributed by atoms with Gasteiger partial charge in [-0.15, -0.1) is 0 Å². The van der Waals surface area contributed by atoms with Crippen molar-refractivity contribution < 1.29 is 4.79 Å². The summed E-state index contributed by atoms with van der Waals surface area (Å²) in [6, 6.07) is 7.46. The van der Waals surface area contributed by atoms with E-state index in [1.54, 1.807) is 6.07 Å². The minimum atomic E-state index is -0.195. The average molecular weight is 312 g/mol. The van der Waals surface area contributed by atoms with Gasteiger partial charge in [-0.2, -0.15) is 5.10 Å². The van der Waals surface area contributed by atoms with Crippen molar-refractivity contribution in [2.45, 2.75) is 52.0 Å². The number of nitrogens with one attached hydrogen (secondary N) is 1. The Morgan fingerprint density at radius 3 is 2.52 bits per heavy atom. The monoisotopic (exact) mass is 312 g/mol. The number of rotatable bonds is 3. The number of nitrogens with two attached hydrogens (primary N) is 1. The summed E-state index contributed by atoms with van der Waals surface area (Å²) in [6.07, 6.45) is 2.36. The highest BCUT2D eigenvalue weighted by Gasteiger charge is 2.32. The van der Waals surface area contributed by atoms with Crippen LogP contribution in [0, 0.1) is 6.92 Å². The first-order chi connectivity index (χ1) is 10.7. The summed E-state index contributed by atoms with van der Waals surface area (Å²) in [5.41, 5.74) is 9.67. The van der Waals surface area contributed by atoms with Gasteiger partial charge in [0.05, 0.1) is 5.54 Å². The van der Waals surface area contributed by atoms with E-state index in [2.05, 4.69) is 31.2 Å². The van der Waals surface area contributed by atoms with Crippen LogP contribution in [0.15, 0.2) is 24.3 Å². The van der Waals surface area contributed by atoms with Gasteiger partial charge in [0.2, 0.25) is 0 Å². The van der Waals surface area contributed by atoms with Crippen LogP contribution < -0.4 is 11.1 Å². The lowest BCUT2D eigenvalue weighted by Crippen LogP contribution is -2.25. The second kappa shape index (κ2) is 5.41. The van der Waals surface area contributed by atoms with Crippen LogP contribution in [-0.4, -0.2) is 15.7 Å². The molecule has 5 heteroatoms. The summed E-state index contributed by atoms with van der Waals surface area (Å²) in [5.74, 6) is 0.345. The quantitative estimate of drug-likeness (QED) is 0.850. The number of nitrogens with zero attached hydrogens (tertiary/aromatic N) is 2. The average Bonchev–Trinajstić information content (AvgIpc) is 3.14. The molecule has 0 saturated heterocycles. The van der Waals surface area contributed by atoms with E-state index in [1.165, 1.54) is 12.8 Å². The molecule has 23 heavy (non-hydrogen) atoms. The zero-order chi connectivity index (χ0) is 16.8. The minimum absolute atomic E-state index is 0.135. The predicted molar refractivity (Wildman–Crippen MR) is 92.7 cm³/mol. The van der Waals surface area contributed by atoms with Crippen molar-refractivity contribution in [3.8, 4) is 0 Å². The van der Waals surface area contributed by atoms with Gasteiger partial charge < -0.3 is 11.1 Å². The third kappa shape index (κ3) is 3.38. The van der Waals surface area contributed by atoms with E-state index in [-0.39, 0.29) is 11.4 Å². The number of amides is 1. The summed E-state index contributed by atoms with van der Waals surface area (Å²) in [4.78, 5) is 12.5. The molecule has 0 radical (unpaired) electrons. The molecule has 122 valence electrons. The number of carbonyl (C=O) groups is 1. The molecular formula is C18H24N4O. The Balaban J connectivity index is 1.87. The van der Waals surface area contributed by atoms with E-state index in [0.29, 0.717) is 23.0 Å². The normalized spacial score (nSPS) is 14.8. The lowest BCUT2D eigenvalue weighted by Gasteiger charge is -2.22. The van der Waals surface area contributed by atoms with Gasteiger partial charge in [-0.05, 0) is 70.4 Å². The first kappa shape index (κ1) is 15.6. The summed E-state index contributed by atoms with van der Waals surface area (Å²) in [5, 5.41) is 7.45. The number of anilines is 2. The molecule has 1 fully saturated rings. The number of benzene rings is 1. The number of carbonyl (C=O) groups excluding carboxylic acids is 1. The van der Waals surface area contributed by atoms with Gasteiger partial charge in [-0.1, -0.05) is 0 Å². The van der Waals surface area contributed by atoms with Gasteiger partial charge in [0.1, 0.15) is 0 Å². The summed E-state index contributed by atoms with van der Waals surface area (Å²) < 4.78 is 1.99. The number of aryl methyl sites for hydroxylation is 1. The van der Waals surface area contributed by atoms with Crippen molar-refractivity contribution in [1.82, 2.24) is 9.78 Å². The molecule has 0 spiro atoms. The van der Waals surface area contributed by atoms with Gasteiger partial charge in [0.25, 0.3) is 5.91 Å². The number of nitrogen functional groups attached to an aromatic ring is 1. The SMILES string of the molecule is Cc1cc(N)cc(NC(=O)c2cc(C3CC3)n(C(C)(C)C)n2)c1. The second-order valence-corrected chi connectivity index (χ2v) is 7.40. The molecule has 1 aliphatic rings. The maximum absolute atomic E-state index is 12.5. The van der Waals surface area contributed by atoms with Gasteiger partial charge in [-0.25, -0.2) is 0 Å². The van der Waals surface area contributed by atoms with Crippen molar-refractivity contribution in [2.75, 3.05) is 11.1 Å². The Labute approximate surface area is 136 Å². The fourth-order valence-electron chi connectivity index (χ4n) is 2.79. The van der Waals surface area contributed by atoms with E-state index in [4.69, 9.17) is 5.73 Å². The smallest absolute Gasteiger partial charge is 0.276 e. The van der Waals surface area contributed by atoms with Gasteiger partial charge >= 0.3 is 0 Å². The molecule has 1 saturated carbocycles. The number of hydrogen-bond donors (Lipinski definition) is 2. The van der Waals surface area contributed by atoms with Crippen LogP contribution in [0.5, 0.6) is 0 Å². The molecule has 2 aromatic rings. The van der Waals surface area contributed by atoms with Crippen molar-refractivity contribution in [3.05, 3.63) is 41.2 Å². The standard InChI is InChI=1S/C18H24N4O/c1-11-7-13(19)9-14(8-11)20-17(23)15-10-16(12-5-6-12)22(21-15)18(2,3)4/h7-10,12H,5-6,19H2,1-4H3,(H,20,23). The van der Waals surface area contributed by atoms with E-state index >= 15 is 0 Å². The summed E-state index contributed by atoms with van der Waals surface area (Å²) in [7, 11) is 0. The van der Waals surface area contributed by atoms with Gasteiger partial charge in [0, 0.05) is 23.0 Å². The Bertz CT molecular complexity index is 731. The summed E-state index contributed by atoms with van der Waals surface area (Å²) >= 11 is 0. The molecule has 0 bridgehead atoms. The molecule has 1 heterocycles. The largest absolute Gasteiger partial charge is 0.399 e. The Morgan fingerprint density at radius 1 is 1.26 bits per heavy atom. The number of aromatic nitrogens is 2. The fourth-order valence-corrected chi connectivity index (χ4v) is 2.79. The van der Waals surface area contributed by atoms with E-state index in [0.717, 1.165) is 11.3 Å². The Kier molecular flexibility index (Phi) is 3.66. The highest BCUT2D eigenvalue weighted by molar-refractivity contribution is 6.03. The lowest BCUT2D eigenvalue weighted by molar-refractivity contribution is 0.102. The van der Waals surface area contributed by atoms with Crippen LogP contribution in [0.25, 0.3) is 0 Å². The lowest BCUT2D eigenvalue weighted by atomic mass is 10.1. The molecule has 3 N–H and O–H groups in total. The van der Waals surface area contributed by atoms with E-state index in [1.807, 2.05) is 29.8 Å². The van der Waals surface area contributed by atoms with E-state index < -0.39 is 0 Å². The molecule has 0 atom stereocenters. The van der Waals surface area contributed by atoms with E-state index in [9.17, 15) is 4.79 Å². The zero-order valence-corrected chi connectivity index (χ0v) is 14.2. The fraction of sp³-hybridized carbons (Fsp3) is 0.444. The highest BCUT2D eigenvalue weighted by Crippen LogP contribution is 2.41. The highest BCUT2D eigenvalue weighted by atomic mass is 16.2. The van der Waals surface area contributed by atoms with Crippen LogP contribution in [0.1, 0.15) is 61.3 Å². The molecule has 0 unspecified atom stereocenters. The van der Waals surface area contributed by atoms with Gasteiger partial charge in [0.15, 0.2) is 5.69 Å². The van der Waals surface area contributed by atoms with Crippen LogP contribution in [-0.2, 0) is 5.54 Å². The van der Waals surface area contributed by atoms with Crippen molar-refractivity contribution in [1.29, 1.82) is 0 Å². The molecule has 1 aliphatic carbocycles. The first-order valence-corrected chi connectivity index (χ1v) is 8.03. The second-order valence-electron chi connectivity index (χ2n) is 7.40. The molecule has 1 amide bonds. The molecule has 1 aromatic heterocycles. The molecule has 5 nitrogen and oxygen atoms in total. The first-order valence-electron chi connectivity index (χ1n) is 8.03. The molecule has 0 aliphatic heterocycles. The zero-order valence-electron chi connectivity index (χ0n) is 14.2. The van der Waals surface area contributed by atoms with Crippen molar-refractivity contribution >= 4 is 17.3 Å². The third-order valence-corrected chi connectivity index (χ3v) is 3.96. The van der Waals surface area contributed by atoms with Crippen LogP contribution in [0.4, 0.5) is 11.4 Å². The minimum Gasteiger partial charge on any atom is -0.399 e. The Hall–Kier alpha value is -2.30. The van der Waals surface area contributed by atoms with Crippen LogP contribution in [0.2, 0.25) is 0 Å². The molecular weight excluding hydrogens is 288 g/mol. The molecule has 3 rings (SSSR count). The van der Waals surface area contributed by atoms with Gasteiger partial charge in [-0.3, -0.25) is 9.48 Å². The topological polar surface area (TPSA) is 72.9 Å². The molecule has 1 aromatic carbocycles. The van der Waals surface area contributed by atoms with Crippen LogP contribution in [0.3, 0.4) is 0 Å². The van der Waals surface area contributed by atoms with Crippen molar-refractivity contribution in [3.63, 3.8) is 0 Å². The predicted octanol–water partition coefficient (Wildman–Crippen LogP) is 3.66.